The molecule has 1 fully saturated rings. The second-order valence-electron chi connectivity index (χ2n) is 7.86. The summed E-state index contributed by atoms with van der Waals surface area (Å²) in [4.78, 5) is 26.0. The van der Waals surface area contributed by atoms with Gasteiger partial charge in [-0.1, -0.05) is 41.7 Å². The van der Waals surface area contributed by atoms with E-state index < -0.39 is 11.2 Å². The van der Waals surface area contributed by atoms with Crippen molar-refractivity contribution in [3.63, 3.8) is 0 Å². The van der Waals surface area contributed by atoms with Gasteiger partial charge in [0.25, 0.3) is 5.56 Å². The highest BCUT2D eigenvalue weighted by atomic mass is 35.5. The molecule has 4 rings (SSSR count). The van der Waals surface area contributed by atoms with Crippen LogP contribution in [0.4, 0.5) is 0 Å². The lowest BCUT2D eigenvalue weighted by atomic mass is 10.1. The van der Waals surface area contributed by atoms with Gasteiger partial charge in [0.2, 0.25) is 5.88 Å². The highest BCUT2D eigenvalue weighted by molar-refractivity contribution is 6.37. The van der Waals surface area contributed by atoms with Gasteiger partial charge in [-0.25, -0.2) is 9.48 Å². The van der Waals surface area contributed by atoms with Crippen molar-refractivity contribution in [3.05, 3.63) is 59.8 Å². The van der Waals surface area contributed by atoms with Crippen LogP contribution in [0.5, 0.6) is 11.6 Å². The van der Waals surface area contributed by atoms with Crippen LogP contribution in [0.25, 0.3) is 11.3 Å². The van der Waals surface area contributed by atoms with Crippen LogP contribution in [0.15, 0.2) is 27.8 Å². The van der Waals surface area contributed by atoms with Gasteiger partial charge in [-0.15, -0.1) is 10.2 Å². The first-order chi connectivity index (χ1) is 16.8. The maximum absolute atomic E-state index is 12.2. The first-order valence-corrected chi connectivity index (χ1v) is 12.0. The Labute approximate surface area is 215 Å². The summed E-state index contributed by atoms with van der Waals surface area (Å²) in [6.07, 6.45) is 2.79. The van der Waals surface area contributed by atoms with E-state index in [0.29, 0.717) is 24.2 Å². The van der Waals surface area contributed by atoms with E-state index in [-0.39, 0.29) is 44.9 Å². The van der Waals surface area contributed by atoms with Crippen LogP contribution in [0.1, 0.15) is 44.3 Å². The van der Waals surface area contributed by atoms with Crippen molar-refractivity contribution in [1.29, 1.82) is 0 Å². The zero-order valence-corrected chi connectivity index (χ0v) is 21.2. The van der Waals surface area contributed by atoms with Crippen molar-refractivity contribution >= 4 is 34.8 Å². The Morgan fingerprint density at radius 2 is 1.91 bits per heavy atom. The molecule has 0 saturated carbocycles. The molecule has 2 unspecified atom stereocenters. The largest absolute Gasteiger partial charge is 0.434 e. The van der Waals surface area contributed by atoms with E-state index in [9.17, 15) is 9.59 Å². The predicted molar refractivity (Wildman–Crippen MR) is 130 cm³/mol. The molecule has 0 aliphatic carbocycles. The third kappa shape index (κ3) is 5.84. The molecule has 0 amide bonds. The second kappa shape index (κ2) is 11.0. The molecule has 1 aliphatic heterocycles. The molecule has 35 heavy (non-hydrogen) atoms. The average molecular weight is 543 g/mol. The minimum atomic E-state index is -0.672. The van der Waals surface area contributed by atoms with Gasteiger partial charge in [-0.05, 0) is 37.8 Å². The molecule has 1 aromatic carbocycles. The van der Waals surface area contributed by atoms with Gasteiger partial charge >= 0.3 is 5.69 Å². The van der Waals surface area contributed by atoms with Crippen LogP contribution >= 0.6 is 34.8 Å². The number of ether oxygens (including phenoxy) is 3. The number of rotatable bonds is 7. The molecule has 1 N–H and O–H groups in total. The van der Waals surface area contributed by atoms with Gasteiger partial charge in [0.1, 0.15) is 0 Å². The molecule has 186 valence electrons. The molecule has 2 aromatic heterocycles. The van der Waals surface area contributed by atoms with Gasteiger partial charge in [0.15, 0.2) is 22.9 Å². The summed E-state index contributed by atoms with van der Waals surface area (Å²) >= 11 is 19.1. The van der Waals surface area contributed by atoms with Crippen LogP contribution in [0.3, 0.4) is 0 Å². The molecule has 0 bridgehead atoms. The van der Waals surface area contributed by atoms with E-state index in [1.54, 1.807) is 6.07 Å². The van der Waals surface area contributed by atoms with E-state index >= 15 is 0 Å². The molecule has 10 nitrogen and oxygen atoms in total. The number of halogens is 3. The topological polar surface area (TPSA) is 121 Å². The number of hydrogen-bond acceptors (Lipinski definition) is 8. The summed E-state index contributed by atoms with van der Waals surface area (Å²) in [7, 11) is 1.41. The highest BCUT2D eigenvalue weighted by Gasteiger charge is 2.24. The lowest BCUT2D eigenvalue weighted by molar-refractivity contribution is -0.190. The molecule has 1 saturated heterocycles. The maximum atomic E-state index is 12.2. The Hall–Kier alpha value is -2.50. The normalized spacial score (nSPS) is 16.8. The first kappa shape index (κ1) is 25.6. The van der Waals surface area contributed by atoms with Crippen molar-refractivity contribution in [2.45, 2.75) is 45.0 Å². The minimum Gasteiger partial charge on any atom is -0.434 e. The molecule has 13 heteroatoms. The van der Waals surface area contributed by atoms with E-state index in [1.807, 2.05) is 6.92 Å². The van der Waals surface area contributed by atoms with Crippen LogP contribution in [0.2, 0.25) is 15.2 Å². The number of aryl methyl sites for hydroxylation is 1. The molecule has 0 spiro atoms. The Morgan fingerprint density at radius 3 is 2.57 bits per heavy atom. The number of H-pyrrole nitrogens is 1. The van der Waals surface area contributed by atoms with Crippen LogP contribution in [-0.2, 0) is 16.5 Å². The lowest BCUT2D eigenvalue weighted by Gasteiger charge is -2.27. The molecular weight excluding hydrogens is 521 g/mol. The molecule has 0 radical (unpaired) electrons. The van der Waals surface area contributed by atoms with Gasteiger partial charge in [0, 0.05) is 30.8 Å². The third-order valence-corrected chi connectivity index (χ3v) is 6.24. The Morgan fingerprint density at radius 1 is 1.17 bits per heavy atom. The average Bonchev–Trinajstić information content (AvgIpc) is 2.84. The van der Waals surface area contributed by atoms with Crippen LogP contribution < -0.4 is 16.0 Å². The first-order valence-electron chi connectivity index (χ1n) is 10.9. The number of aromatic nitrogens is 5. The maximum Gasteiger partial charge on any atom is 0.344 e. The van der Waals surface area contributed by atoms with Gasteiger partial charge in [0.05, 0.1) is 16.1 Å². The summed E-state index contributed by atoms with van der Waals surface area (Å²) in [6.45, 7) is 2.62. The number of nitrogens with zero attached hydrogens (tertiary/aromatic N) is 4. The molecule has 2 atom stereocenters. The van der Waals surface area contributed by atoms with Crippen molar-refractivity contribution in [2.24, 2.45) is 7.05 Å². The third-order valence-electron chi connectivity index (χ3n) is 5.38. The number of hydrogen-bond donors (Lipinski definition) is 1. The monoisotopic (exact) mass is 541 g/mol. The van der Waals surface area contributed by atoms with E-state index in [0.717, 1.165) is 23.9 Å². The molecular formula is C22H22Cl3N5O5. The summed E-state index contributed by atoms with van der Waals surface area (Å²) in [5.74, 6) is 0.205. The zero-order chi connectivity index (χ0) is 25.1. The SMILES string of the molecule is CCC(OC1CCCCO1)c1cc(Oc2c(Cl)cc(-c3nn(C)c(=O)[nH]c3=O)cc2Cl)nnc1Cl. The Kier molecular flexibility index (Phi) is 8.08. The van der Waals surface area contributed by atoms with Crippen LogP contribution in [-0.4, -0.2) is 37.9 Å². The molecule has 3 heterocycles. The predicted octanol–water partition coefficient (Wildman–Crippen LogP) is 4.67. The highest BCUT2D eigenvalue weighted by Crippen LogP contribution is 2.40. The number of aromatic amines is 1. The molecule has 3 aromatic rings. The summed E-state index contributed by atoms with van der Waals surface area (Å²) in [5, 5.41) is 12.3. The second-order valence-corrected chi connectivity index (χ2v) is 9.03. The lowest BCUT2D eigenvalue weighted by Crippen LogP contribution is -2.31. The fourth-order valence-electron chi connectivity index (χ4n) is 3.60. The quantitative estimate of drug-likeness (QED) is 0.457. The summed E-state index contributed by atoms with van der Waals surface area (Å²) in [5.41, 5.74) is -0.437. The Bertz CT molecular complexity index is 1320. The van der Waals surface area contributed by atoms with Crippen LogP contribution in [0, 0.1) is 0 Å². The van der Waals surface area contributed by atoms with E-state index in [1.165, 1.54) is 19.2 Å². The standard InChI is InChI=1S/C22H22Cl3N5O5/c1-3-15(34-17-6-4-5-7-33-17)12-10-16(27-28-20(12)25)35-19-13(23)8-11(9-14(19)24)18-21(31)26-22(32)30(2)29-18/h8-10,15,17H,3-7H2,1-2H3,(H,26,31,32). The van der Waals surface area contributed by atoms with E-state index in [2.05, 4.69) is 20.3 Å². The van der Waals surface area contributed by atoms with Crippen molar-refractivity contribution in [2.75, 3.05) is 6.61 Å². The number of benzene rings is 1. The summed E-state index contributed by atoms with van der Waals surface area (Å²) in [6, 6.07) is 4.52. The van der Waals surface area contributed by atoms with Crippen molar-refractivity contribution in [1.82, 2.24) is 25.0 Å². The smallest absolute Gasteiger partial charge is 0.344 e. The number of nitrogens with one attached hydrogen (secondary N) is 1. The fourth-order valence-corrected chi connectivity index (χ4v) is 4.38. The van der Waals surface area contributed by atoms with Gasteiger partial charge in [-0.3, -0.25) is 9.78 Å². The fraction of sp³-hybridized carbons (Fsp3) is 0.409. The minimum absolute atomic E-state index is 0.0242. The van der Waals surface area contributed by atoms with Crippen molar-refractivity contribution < 1.29 is 14.2 Å². The van der Waals surface area contributed by atoms with Gasteiger partial charge < -0.3 is 14.2 Å². The van der Waals surface area contributed by atoms with Gasteiger partial charge in [-0.2, -0.15) is 5.10 Å². The summed E-state index contributed by atoms with van der Waals surface area (Å²) < 4.78 is 18.6. The Balaban J connectivity index is 1.61. The molecule has 1 aliphatic rings. The van der Waals surface area contributed by atoms with Crippen molar-refractivity contribution in [3.8, 4) is 22.9 Å². The zero-order valence-electron chi connectivity index (χ0n) is 18.9. The van der Waals surface area contributed by atoms with E-state index in [4.69, 9.17) is 49.0 Å².